The fourth-order valence-electron chi connectivity index (χ4n) is 3.74. The van der Waals surface area contributed by atoms with E-state index in [9.17, 15) is 14.7 Å². The average Bonchev–Trinajstić information content (AvgIpc) is 3.34. The number of hydrogen-bond donors (Lipinski definition) is 3. The predicted molar refractivity (Wildman–Crippen MR) is 147 cm³/mol. The van der Waals surface area contributed by atoms with Gasteiger partial charge in [0.2, 0.25) is 11.0 Å². The largest absolute Gasteiger partial charge is 0.378 e. The number of carbonyl (C=O) groups excluding carboxylic acids is 2. The molecule has 4 aromatic rings. The van der Waals surface area contributed by atoms with Crippen molar-refractivity contribution in [2.45, 2.75) is 45.1 Å². The standard InChI is InChI=1S/C27H27ClN6O3S/c1-17-6-4-7-18(14-17)15-23(35)29-22-13-12-21(31-32-22)10-2-3-11-24-33-34-27(38-24)30-26(37)25(36)19-8-5-9-20(28)16-19/h4-9,12-14,16,25,36H,2-3,10-11,15H2,1H3,(H,29,32,35)(H,30,34,37). The van der Waals surface area contributed by atoms with Crippen LogP contribution in [0.3, 0.4) is 0 Å². The summed E-state index contributed by atoms with van der Waals surface area (Å²) in [6.45, 7) is 1.99. The molecule has 2 heterocycles. The maximum atomic E-state index is 12.3. The van der Waals surface area contributed by atoms with Crippen molar-refractivity contribution >= 4 is 45.7 Å². The summed E-state index contributed by atoms with van der Waals surface area (Å²) in [6, 6.07) is 18.0. The van der Waals surface area contributed by atoms with Crippen LogP contribution in [0.15, 0.2) is 60.7 Å². The SMILES string of the molecule is Cc1cccc(CC(=O)Nc2ccc(CCCCc3nnc(NC(=O)C(O)c4cccc(Cl)c4)s3)nn2)c1. The Morgan fingerprint density at radius 3 is 2.53 bits per heavy atom. The van der Waals surface area contributed by atoms with Gasteiger partial charge < -0.3 is 10.4 Å². The van der Waals surface area contributed by atoms with Crippen molar-refractivity contribution in [2.75, 3.05) is 10.6 Å². The fourth-order valence-corrected chi connectivity index (χ4v) is 4.73. The number of anilines is 2. The van der Waals surface area contributed by atoms with Gasteiger partial charge in [0.05, 0.1) is 12.1 Å². The van der Waals surface area contributed by atoms with Crippen molar-refractivity contribution in [1.82, 2.24) is 20.4 Å². The molecule has 196 valence electrons. The van der Waals surface area contributed by atoms with Gasteiger partial charge in [-0.15, -0.1) is 15.3 Å². The van der Waals surface area contributed by atoms with Crippen LogP contribution in [0, 0.1) is 6.92 Å². The molecule has 0 saturated carbocycles. The molecule has 3 N–H and O–H groups in total. The van der Waals surface area contributed by atoms with Crippen LogP contribution in [0.5, 0.6) is 0 Å². The summed E-state index contributed by atoms with van der Waals surface area (Å²) in [5.74, 6) is -0.303. The van der Waals surface area contributed by atoms with Crippen molar-refractivity contribution in [3.05, 3.63) is 93.1 Å². The van der Waals surface area contributed by atoms with Crippen molar-refractivity contribution in [3.8, 4) is 0 Å². The van der Waals surface area contributed by atoms with E-state index in [0.29, 0.717) is 28.0 Å². The van der Waals surface area contributed by atoms with Gasteiger partial charge in [-0.05, 0) is 61.6 Å². The summed E-state index contributed by atoms with van der Waals surface area (Å²) in [7, 11) is 0. The van der Waals surface area contributed by atoms with E-state index in [0.717, 1.165) is 41.1 Å². The van der Waals surface area contributed by atoms with Gasteiger partial charge in [0.25, 0.3) is 5.91 Å². The lowest BCUT2D eigenvalue weighted by Crippen LogP contribution is -2.20. The Hall–Kier alpha value is -3.73. The number of rotatable bonds is 11. The number of halogens is 1. The first kappa shape index (κ1) is 27.3. The molecule has 0 bridgehead atoms. The molecular formula is C27H27ClN6O3S. The van der Waals surface area contributed by atoms with Crippen LogP contribution < -0.4 is 10.6 Å². The molecule has 0 aliphatic heterocycles. The maximum absolute atomic E-state index is 12.3. The Morgan fingerprint density at radius 1 is 0.947 bits per heavy atom. The molecule has 11 heteroatoms. The number of aliphatic hydroxyl groups excluding tert-OH is 1. The van der Waals surface area contributed by atoms with Crippen LogP contribution in [0.25, 0.3) is 0 Å². The summed E-state index contributed by atoms with van der Waals surface area (Å²) in [5, 5.41) is 33.6. The van der Waals surface area contributed by atoms with Gasteiger partial charge in [0, 0.05) is 11.4 Å². The van der Waals surface area contributed by atoms with Gasteiger partial charge in [-0.25, -0.2) is 0 Å². The van der Waals surface area contributed by atoms with E-state index in [4.69, 9.17) is 11.6 Å². The highest BCUT2D eigenvalue weighted by Crippen LogP contribution is 2.22. The highest BCUT2D eigenvalue weighted by Gasteiger charge is 2.19. The van der Waals surface area contributed by atoms with Crippen LogP contribution in [0.1, 0.15) is 46.3 Å². The van der Waals surface area contributed by atoms with E-state index in [1.807, 2.05) is 37.3 Å². The molecule has 0 aliphatic carbocycles. The van der Waals surface area contributed by atoms with Gasteiger partial charge >= 0.3 is 0 Å². The first-order valence-corrected chi connectivity index (χ1v) is 13.3. The lowest BCUT2D eigenvalue weighted by Gasteiger charge is -2.09. The van der Waals surface area contributed by atoms with Gasteiger partial charge in [-0.1, -0.05) is 64.9 Å². The molecule has 0 spiro atoms. The second-order valence-electron chi connectivity index (χ2n) is 8.78. The highest BCUT2D eigenvalue weighted by atomic mass is 35.5. The first-order valence-electron chi connectivity index (χ1n) is 12.1. The van der Waals surface area contributed by atoms with Gasteiger partial charge in [0.15, 0.2) is 11.9 Å². The Bertz CT molecular complexity index is 1400. The van der Waals surface area contributed by atoms with Gasteiger partial charge in [-0.3, -0.25) is 14.9 Å². The van der Waals surface area contributed by atoms with E-state index < -0.39 is 12.0 Å². The summed E-state index contributed by atoms with van der Waals surface area (Å²) >= 11 is 7.20. The Balaban J connectivity index is 1.17. The summed E-state index contributed by atoms with van der Waals surface area (Å²) in [6.07, 6.45) is 2.08. The zero-order valence-corrected chi connectivity index (χ0v) is 22.3. The van der Waals surface area contributed by atoms with E-state index in [1.165, 1.54) is 17.4 Å². The van der Waals surface area contributed by atoms with Crippen LogP contribution in [0.2, 0.25) is 5.02 Å². The average molecular weight is 551 g/mol. The number of amides is 2. The zero-order valence-electron chi connectivity index (χ0n) is 20.7. The quantitative estimate of drug-likeness (QED) is 0.231. The van der Waals surface area contributed by atoms with E-state index in [1.54, 1.807) is 24.3 Å². The molecule has 2 amide bonds. The molecule has 0 saturated heterocycles. The van der Waals surface area contributed by atoms with Crippen LogP contribution in [-0.2, 0) is 28.9 Å². The van der Waals surface area contributed by atoms with Crippen LogP contribution in [0.4, 0.5) is 10.9 Å². The van der Waals surface area contributed by atoms with Crippen LogP contribution >= 0.6 is 22.9 Å². The lowest BCUT2D eigenvalue weighted by atomic mass is 10.1. The smallest absolute Gasteiger partial charge is 0.259 e. The molecule has 1 atom stereocenters. The molecule has 2 aromatic heterocycles. The summed E-state index contributed by atoms with van der Waals surface area (Å²) in [4.78, 5) is 24.6. The molecule has 38 heavy (non-hydrogen) atoms. The van der Waals surface area contributed by atoms with E-state index in [2.05, 4.69) is 31.0 Å². The number of aryl methyl sites for hydroxylation is 3. The number of nitrogens with one attached hydrogen (secondary N) is 2. The van der Waals surface area contributed by atoms with Crippen molar-refractivity contribution in [1.29, 1.82) is 0 Å². The predicted octanol–water partition coefficient (Wildman–Crippen LogP) is 4.71. The number of hydrogen-bond acceptors (Lipinski definition) is 8. The molecule has 9 nitrogen and oxygen atoms in total. The monoisotopic (exact) mass is 550 g/mol. The number of unbranched alkanes of at least 4 members (excludes halogenated alkanes) is 1. The molecule has 4 rings (SSSR count). The van der Waals surface area contributed by atoms with E-state index in [-0.39, 0.29) is 12.3 Å². The van der Waals surface area contributed by atoms with Crippen molar-refractivity contribution < 1.29 is 14.7 Å². The molecule has 2 aromatic carbocycles. The third kappa shape index (κ3) is 8.14. The zero-order chi connectivity index (χ0) is 26.9. The third-order valence-corrected chi connectivity index (χ3v) is 6.75. The Kier molecular flexibility index (Phi) is 9.47. The number of aromatic nitrogens is 4. The third-order valence-electron chi connectivity index (χ3n) is 5.62. The van der Waals surface area contributed by atoms with Crippen molar-refractivity contribution in [3.63, 3.8) is 0 Å². The first-order chi connectivity index (χ1) is 18.4. The topological polar surface area (TPSA) is 130 Å². The number of nitrogens with zero attached hydrogens (tertiary/aromatic N) is 4. The number of carbonyl (C=O) groups is 2. The molecule has 0 fully saturated rings. The minimum atomic E-state index is -1.35. The van der Waals surface area contributed by atoms with Crippen LogP contribution in [-0.4, -0.2) is 37.3 Å². The van der Waals surface area contributed by atoms with Gasteiger partial charge in [0.1, 0.15) is 5.01 Å². The normalized spacial score (nSPS) is 11.7. The summed E-state index contributed by atoms with van der Waals surface area (Å²) < 4.78 is 0. The number of benzene rings is 2. The fraction of sp³-hybridized carbons (Fsp3) is 0.259. The van der Waals surface area contributed by atoms with Crippen molar-refractivity contribution in [2.24, 2.45) is 0 Å². The molecular weight excluding hydrogens is 524 g/mol. The lowest BCUT2D eigenvalue weighted by molar-refractivity contribution is -0.124. The second kappa shape index (κ2) is 13.2. The minimum absolute atomic E-state index is 0.135. The maximum Gasteiger partial charge on any atom is 0.259 e. The second-order valence-corrected chi connectivity index (χ2v) is 10.3. The highest BCUT2D eigenvalue weighted by molar-refractivity contribution is 7.15. The Morgan fingerprint density at radius 2 is 1.76 bits per heavy atom. The number of aliphatic hydroxyl groups is 1. The Labute approximate surface area is 229 Å². The minimum Gasteiger partial charge on any atom is -0.378 e. The molecule has 1 unspecified atom stereocenters. The molecule has 0 aliphatic rings. The van der Waals surface area contributed by atoms with Gasteiger partial charge in [-0.2, -0.15) is 5.10 Å². The summed E-state index contributed by atoms with van der Waals surface area (Å²) in [5.41, 5.74) is 3.30. The molecule has 0 radical (unpaired) electrons. The van der Waals surface area contributed by atoms with E-state index >= 15 is 0 Å².